The molecule has 244 valence electrons. The first-order chi connectivity index (χ1) is 20.6. The molecular formula is C40H58O4Sr. The zero-order valence-corrected chi connectivity index (χ0v) is 33.2. The van der Waals surface area contributed by atoms with Gasteiger partial charge in [0.15, 0.2) is 0 Å². The van der Waals surface area contributed by atoms with Gasteiger partial charge in [-0.1, -0.05) is 103 Å². The molecule has 4 nitrogen and oxygen atoms in total. The van der Waals surface area contributed by atoms with Crippen molar-refractivity contribution in [2.24, 2.45) is 45.3 Å². The molecule has 0 radical (unpaired) electrons. The van der Waals surface area contributed by atoms with Crippen molar-refractivity contribution in [3.63, 3.8) is 0 Å². The third-order valence-electron chi connectivity index (χ3n) is 13.9. The van der Waals surface area contributed by atoms with E-state index in [1.165, 1.54) is 11.1 Å². The number of fused-ring (bicyclic) bond motifs is 4. The average Bonchev–Trinajstić information content (AvgIpc) is 2.96. The van der Waals surface area contributed by atoms with Crippen molar-refractivity contribution in [1.29, 1.82) is 0 Å². The predicted octanol–water partition coefficient (Wildman–Crippen LogP) is 7.65. The quantitative estimate of drug-likeness (QED) is 0.284. The number of aliphatic carboxylic acids is 2. The van der Waals surface area contributed by atoms with E-state index in [1.54, 1.807) is 22.3 Å². The van der Waals surface area contributed by atoms with Crippen LogP contribution in [0.25, 0.3) is 0 Å². The Morgan fingerprint density at radius 2 is 0.978 bits per heavy atom. The first-order valence-electron chi connectivity index (χ1n) is 17.9. The summed E-state index contributed by atoms with van der Waals surface area (Å²) in [6.07, 6.45) is 19.4. The van der Waals surface area contributed by atoms with Crippen LogP contribution in [0, 0.1) is 45.3 Å². The van der Waals surface area contributed by atoms with E-state index in [9.17, 15) is 19.8 Å². The third kappa shape index (κ3) is 6.44. The van der Waals surface area contributed by atoms with E-state index >= 15 is 0 Å². The first-order valence-corrected chi connectivity index (χ1v) is 17.9. The summed E-state index contributed by atoms with van der Waals surface area (Å²) in [4.78, 5) is 23.7. The molecule has 0 spiro atoms. The van der Waals surface area contributed by atoms with Gasteiger partial charge in [-0.15, -0.1) is 0 Å². The van der Waals surface area contributed by atoms with Crippen LogP contribution < -0.4 is 10.2 Å². The van der Waals surface area contributed by atoms with Gasteiger partial charge in [-0.2, -0.15) is 0 Å². The molecule has 0 bridgehead atoms. The second-order valence-corrected chi connectivity index (χ2v) is 16.9. The molecule has 6 unspecified atom stereocenters. The van der Waals surface area contributed by atoms with Gasteiger partial charge >= 0.3 is 45.5 Å². The van der Waals surface area contributed by atoms with Gasteiger partial charge < -0.3 is 19.8 Å². The minimum atomic E-state index is -0.832. The number of carbonyl (C=O) groups excluding carboxylic acids is 2. The maximum absolute atomic E-state index is 11.8. The van der Waals surface area contributed by atoms with Crippen LogP contribution in [0.5, 0.6) is 0 Å². The number of allylic oxidation sites excluding steroid dienone is 8. The molecule has 0 N–H and O–H groups in total. The number of carboxylic acids is 2. The standard InChI is InChI=1S/2C20H30O2.Sr/c2*1-13(2)14-6-8-16-15(12-14)7-9-17-19(16,3)10-5-11-20(17,4)18(21)22;/h2*12-13,17H,5-11H2,1-4H3,(H,21,22);/q;;+2/p-2. The van der Waals surface area contributed by atoms with Crippen molar-refractivity contribution in [2.45, 2.75) is 145 Å². The Hall–Kier alpha value is -0.619. The summed E-state index contributed by atoms with van der Waals surface area (Å²) in [6, 6.07) is 0. The van der Waals surface area contributed by atoms with Crippen molar-refractivity contribution < 1.29 is 19.8 Å². The molecule has 0 aromatic heterocycles. The topological polar surface area (TPSA) is 80.3 Å². The fraction of sp³-hybridized carbons (Fsp3) is 0.750. The van der Waals surface area contributed by atoms with Gasteiger partial charge in [0.1, 0.15) is 0 Å². The second-order valence-electron chi connectivity index (χ2n) is 16.9. The molecule has 6 aliphatic carbocycles. The summed E-state index contributed by atoms with van der Waals surface area (Å²) in [6.45, 7) is 17.7. The molecule has 2 fully saturated rings. The Labute approximate surface area is 310 Å². The summed E-state index contributed by atoms with van der Waals surface area (Å²) in [5.74, 6) is 0.0697. The van der Waals surface area contributed by atoms with E-state index in [0.29, 0.717) is 11.8 Å². The van der Waals surface area contributed by atoms with Crippen molar-refractivity contribution in [3.05, 3.63) is 45.6 Å². The smallest absolute Gasteiger partial charge is 0.550 e. The predicted molar refractivity (Wildman–Crippen MR) is 180 cm³/mol. The van der Waals surface area contributed by atoms with Gasteiger partial charge in [-0.25, -0.2) is 0 Å². The molecule has 0 heterocycles. The minimum Gasteiger partial charge on any atom is -0.550 e. The van der Waals surface area contributed by atoms with Crippen LogP contribution in [0.4, 0.5) is 0 Å². The summed E-state index contributed by atoms with van der Waals surface area (Å²) in [5, 5.41) is 23.7. The van der Waals surface area contributed by atoms with Crippen LogP contribution in [0.15, 0.2) is 45.6 Å². The molecule has 0 aliphatic heterocycles. The summed E-state index contributed by atoms with van der Waals surface area (Å²) in [5.41, 5.74) is 8.17. The van der Waals surface area contributed by atoms with E-state index in [-0.39, 0.29) is 68.1 Å². The van der Waals surface area contributed by atoms with Gasteiger partial charge in [-0.05, 0) is 123 Å². The van der Waals surface area contributed by atoms with Crippen molar-refractivity contribution in [3.8, 4) is 0 Å². The molecule has 6 aliphatic rings. The normalized spacial score (nSPS) is 37.6. The van der Waals surface area contributed by atoms with Crippen molar-refractivity contribution >= 4 is 57.4 Å². The molecule has 6 rings (SSSR count). The van der Waals surface area contributed by atoms with Crippen LogP contribution in [0.1, 0.15) is 145 Å². The van der Waals surface area contributed by atoms with Gasteiger partial charge in [0.2, 0.25) is 0 Å². The first kappa shape index (κ1) is 37.2. The molecule has 45 heavy (non-hydrogen) atoms. The SMILES string of the molecule is CC(C)C1=CC2=C(CC1)C1(C)CCCC(C)(C(=O)[O-])C1CC2.CC(C)C1=CC2=C(CC1)C1(C)CCCC(C)(C(=O)[O-])C1CC2.[Sr+2]. The van der Waals surface area contributed by atoms with Crippen molar-refractivity contribution in [2.75, 3.05) is 0 Å². The van der Waals surface area contributed by atoms with Gasteiger partial charge in [0.25, 0.3) is 0 Å². The number of hydrogen-bond donors (Lipinski definition) is 0. The number of carbonyl (C=O) groups is 2. The van der Waals surface area contributed by atoms with E-state index in [2.05, 4.69) is 53.7 Å². The van der Waals surface area contributed by atoms with E-state index < -0.39 is 22.8 Å². The van der Waals surface area contributed by atoms with Crippen LogP contribution in [0.2, 0.25) is 0 Å². The zero-order chi connectivity index (χ0) is 32.2. The minimum absolute atomic E-state index is 0. The Bertz CT molecular complexity index is 1220. The number of carboxylic acid groups (broad SMARTS) is 2. The third-order valence-corrected chi connectivity index (χ3v) is 13.9. The Balaban J connectivity index is 0.000000200. The molecule has 2 saturated carbocycles. The molecule has 0 saturated heterocycles. The Kier molecular flexibility index (Phi) is 11.3. The van der Waals surface area contributed by atoms with E-state index in [4.69, 9.17) is 0 Å². The maximum atomic E-state index is 11.8. The molecule has 0 aromatic carbocycles. The van der Waals surface area contributed by atoms with Gasteiger partial charge in [-0.3, -0.25) is 0 Å². The summed E-state index contributed by atoms with van der Waals surface area (Å²) in [7, 11) is 0. The fourth-order valence-corrected chi connectivity index (χ4v) is 11.1. The zero-order valence-electron chi connectivity index (χ0n) is 29.7. The maximum Gasteiger partial charge on any atom is 2.00 e. The fourth-order valence-electron chi connectivity index (χ4n) is 11.1. The van der Waals surface area contributed by atoms with Gasteiger partial charge in [0, 0.05) is 22.8 Å². The van der Waals surface area contributed by atoms with Crippen LogP contribution in [-0.2, 0) is 9.59 Å². The molecule has 5 heteroatoms. The van der Waals surface area contributed by atoms with E-state index in [0.717, 1.165) is 89.9 Å². The largest absolute Gasteiger partial charge is 2.00 e. The monoisotopic (exact) mass is 690 g/mol. The summed E-state index contributed by atoms with van der Waals surface area (Å²) < 4.78 is 0. The van der Waals surface area contributed by atoms with Crippen molar-refractivity contribution in [1.82, 2.24) is 0 Å². The molecule has 6 atom stereocenters. The van der Waals surface area contributed by atoms with Crippen LogP contribution in [0.3, 0.4) is 0 Å². The number of rotatable bonds is 4. The van der Waals surface area contributed by atoms with Gasteiger partial charge in [0.05, 0.1) is 0 Å². The van der Waals surface area contributed by atoms with E-state index in [1.807, 2.05) is 13.8 Å². The Morgan fingerprint density at radius 3 is 1.29 bits per heavy atom. The van der Waals surface area contributed by atoms with Crippen LogP contribution >= 0.6 is 0 Å². The second kappa shape index (κ2) is 13.7. The molecular weight excluding hydrogens is 632 g/mol. The number of hydrogen-bond acceptors (Lipinski definition) is 4. The van der Waals surface area contributed by atoms with Crippen LogP contribution in [-0.4, -0.2) is 57.4 Å². The molecule has 0 aromatic rings. The average molecular weight is 691 g/mol. The summed E-state index contributed by atoms with van der Waals surface area (Å²) >= 11 is 0. The Morgan fingerprint density at radius 1 is 0.622 bits per heavy atom. The molecule has 0 amide bonds.